The predicted octanol–water partition coefficient (Wildman–Crippen LogP) is 4.21. The molecule has 0 spiro atoms. The van der Waals surface area contributed by atoms with Gasteiger partial charge in [0.05, 0.1) is 17.0 Å². The van der Waals surface area contributed by atoms with Crippen molar-refractivity contribution < 1.29 is 4.84 Å². The SMILES string of the molecule is Cc1c(Cl)cccc1C1=CC(NCCc2cccc(NOC(C)(C)C)c2)NC(N)=N1. The van der Waals surface area contributed by atoms with E-state index in [2.05, 4.69) is 33.2 Å². The van der Waals surface area contributed by atoms with Gasteiger partial charge in [0, 0.05) is 17.1 Å². The van der Waals surface area contributed by atoms with Gasteiger partial charge in [-0.05, 0) is 69.5 Å². The molecule has 0 aromatic heterocycles. The minimum atomic E-state index is -0.253. The highest BCUT2D eigenvalue weighted by atomic mass is 35.5. The fraction of sp³-hybridized carbons (Fsp3) is 0.348. The number of nitrogens with two attached hydrogens (primary N) is 1. The molecule has 30 heavy (non-hydrogen) atoms. The molecule has 1 unspecified atom stereocenters. The van der Waals surface area contributed by atoms with Crippen molar-refractivity contribution in [2.24, 2.45) is 10.7 Å². The van der Waals surface area contributed by atoms with Crippen LogP contribution in [-0.4, -0.2) is 24.3 Å². The van der Waals surface area contributed by atoms with E-state index in [9.17, 15) is 0 Å². The maximum Gasteiger partial charge on any atom is 0.195 e. The zero-order chi connectivity index (χ0) is 21.7. The van der Waals surface area contributed by atoms with Crippen LogP contribution in [0.15, 0.2) is 53.5 Å². The van der Waals surface area contributed by atoms with Crippen molar-refractivity contribution in [3.63, 3.8) is 0 Å². The predicted molar refractivity (Wildman–Crippen MR) is 125 cm³/mol. The monoisotopic (exact) mass is 427 g/mol. The van der Waals surface area contributed by atoms with E-state index in [1.807, 2.05) is 64.1 Å². The van der Waals surface area contributed by atoms with Gasteiger partial charge in [-0.1, -0.05) is 35.9 Å². The Bertz CT molecular complexity index is 949. The molecule has 0 fully saturated rings. The molecule has 7 heteroatoms. The molecule has 2 aromatic rings. The maximum absolute atomic E-state index is 6.27. The fourth-order valence-corrected chi connectivity index (χ4v) is 3.25. The van der Waals surface area contributed by atoms with E-state index >= 15 is 0 Å². The van der Waals surface area contributed by atoms with Crippen molar-refractivity contribution in [3.05, 3.63) is 70.3 Å². The van der Waals surface area contributed by atoms with Crippen LogP contribution < -0.4 is 21.8 Å². The van der Waals surface area contributed by atoms with Crippen molar-refractivity contribution in [1.82, 2.24) is 10.6 Å². The highest BCUT2D eigenvalue weighted by Crippen LogP contribution is 2.27. The first-order chi connectivity index (χ1) is 14.2. The summed E-state index contributed by atoms with van der Waals surface area (Å²) < 4.78 is 0. The zero-order valence-electron chi connectivity index (χ0n) is 17.9. The van der Waals surface area contributed by atoms with Crippen LogP contribution in [-0.2, 0) is 11.3 Å². The van der Waals surface area contributed by atoms with E-state index in [-0.39, 0.29) is 11.8 Å². The average molecular weight is 428 g/mol. The summed E-state index contributed by atoms with van der Waals surface area (Å²) in [5.41, 5.74) is 13.7. The highest BCUT2D eigenvalue weighted by molar-refractivity contribution is 6.31. The standard InChI is InChI=1S/C23H30ClN5O/c1-15-18(9-6-10-19(15)24)20-14-21(28-22(25)27-20)26-12-11-16-7-5-8-17(13-16)29-30-23(2,3)4/h5-10,13-14,21,26,29H,11-12H2,1-4H3,(H3,25,27,28). The van der Waals surface area contributed by atoms with Crippen LogP contribution in [0.25, 0.3) is 5.70 Å². The number of hydrogen-bond donors (Lipinski definition) is 4. The molecule has 1 atom stereocenters. The van der Waals surface area contributed by atoms with Crippen molar-refractivity contribution in [2.45, 2.75) is 45.9 Å². The third-order valence-electron chi connectivity index (χ3n) is 4.59. The van der Waals surface area contributed by atoms with Crippen LogP contribution >= 0.6 is 11.6 Å². The molecule has 2 aromatic carbocycles. The highest BCUT2D eigenvalue weighted by Gasteiger charge is 2.16. The second-order valence-corrected chi connectivity index (χ2v) is 8.71. The van der Waals surface area contributed by atoms with Crippen LogP contribution in [0.3, 0.4) is 0 Å². The number of halogens is 1. The molecule has 160 valence electrons. The lowest BCUT2D eigenvalue weighted by Crippen LogP contribution is -2.49. The summed E-state index contributed by atoms with van der Waals surface area (Å²) in [7, 11) is 0. The van der Waals surface area contributed by atoms with Crippen LogP contribution in [0.1, 0.15) is 37.5 Å². The topological polar surface area (TPSA) is 83.7 Å². The summed E-state index contributed by atoms with van der Waals surface area (Å²) in [5, 5.41) is 7.35. The van der Waals surface area contributed by atoms with Gasteiger partial charge < -0.3 is 11.1 Å². The summed E-state index contributed by atoms with van der Waals surface area (Å²) in [6.07, 6.45) is 2.78. The second kappa shape index (κ2) is 9.51. The van der Waals surface area contributed by atoms with Gasteiger partial charge in [-0.25, -0.2) is 4.99 Å². The number of benzene rings is 2. The number of nitrogens with one attached hydrogen (secondary N) is 3. The van der Waals surface area contributed by atoms with E-state index in [0.717, 1.165) is 35.5 Å². The van der Waals surface area contributed by atoms with Gasteiger partial charge in [0.1, 0.15) is 6.17 Å². The zero-order valence-corrected chi connectivity index (χ0v) is 18.7. The normalized spacial score (nSPS) is 16.5. The molecule has 5 N–H and O–H groups in total. The number of anilines is 1. The number of rotatable bonds is 7. The Hall–Kier alpha value is -2.54. The second-order valence-electron chi connectivity index (χ2n) is 8.30. The largest absolute Gasteiger partial charge is 0.370 e. The van der Waals surface area contributed by atoms with Crippen LogP contribution in [0.4, 0.5) is 5.69 Å². The number of hydrogen-bond acceptors (Lipinski definition) is 6. The summed E-state index contributed by atoms with van der Waals surface area (Å²) in [6.45, 7) is 8.78. The Labute approximate surface area is 183 Å². The van der Waals surface area contributed by atoms with Crippen molar-refractivity contribution in [1.29, 1.82) is 0 Å². The summed E-state index contributed by atoms with van der Waals surface area (Å²) in [5.74, 6) is 0.384. The van der Waals surface area contributed by atoms with Gasteiger partial charge in [-0.3, -0.25) is 15.6 Å². The van der Waals surface area contributed by atoms with Crippen molar-refractivity contribution >= 4 is 28.9 Å². The Morgan fingerprint density at radius 2 is 1.97 bits per heavy atom. The van der Waals surface area contributed by atoms with E-state index in [0.29, 0.717) is 11.0 Å². The molecular formula is C23H30ClN5O. The third kappa shape index (κ3) is 6.23. The Morgan fingerprint density at radius 1 is 1.20 bits per heavy atom. The van der Waals surface area contributed by atoms with E-state index in [4.69, 9.17) is 22.2 Å². The molecule has 0 bridgehead atoms. The molecular weight excluding hydrogens is 398 g/mol. The van der Waals surface area contributed by atoms with E-state index in [1.54, 1.807) is 0 Å². The van der Waals surface area contributed by atoms with Crippen LogP contribution in [0.2, 0.25) is 5.02 Å². The molecule has 0 radical (unpaired) electrons. The quantitative estimate of drug-likeness (QED) is 0.497. The summed E-state index contributed by atoms with van der Waals surface area (Å²) in [6, 6.07) is 14.0. The smallest absolute Gasteiger partial charge is 0.195 e. The lowest BCUT2D eigenvalue weighted by atomic mass is 10.0. The van der Waals surface area contributed by atoms with Gasteiger partial charge in [-0.15, -0.1) is 0 Å². The first-order valence-corrected chi connectivity index (χ1v) is 10.4. The molecule has 1 aliphatic rings. The number of nitrogens with zero attached hydrogens (tertiary/aromatic N) is 1. The minimum Gasteiger partial charge on any atom is -0.370 e. The van der Waals surface area contributed by atoms with Gasteiger partial charge in [0.15, 0.2) is 5.96 Å². The molecule has 0 amide bonds. The minimum absolute atomic E-state index is 0.110. The van der Waals surface area contributed by atoms with Gasteiger partial charge >= 0.3 is 0 Å². The van der Waals surface area contributed by atoms with E-state index in [1.165, 1.54) is 5.56 Å². The molecule has 1 heterocycles. The molecule has 0 saturated heterocycles. The van der Waals surface area contributed by atoms with E-state index < -0.39 is 0 Å². The Balaban J connectivity index is 1.60. The molecule has 6 nitrogen and oxygen atoms in total. The molecule has 3 rings (SSSR count). The number of guanidine groups is 1. The summed E-state index contributed by atoms with van der Waals surface area (Å²) >= 11 is 6.27. The van der Waals surface area contributed by atoms with Crippen molar-refractivity contribution in [3.8, 4) is 0 Å². The molecule has 0 aliphatic carbocycles. The lowest BCUT2D eigenvalue weighted by Gasteiger charge is -2.23. The van der Waals surface area contributed by atoms with Crippen LogP contribution in [0, 0.1) is 6.92 Å². The third-order valence-corrected chi connectivity index (χ3v) is 5.00. The molecule has 0 saturated carbocycles. The summed E-state index contributed by atoms with van der Waals surface area (Å²) in [4.78, 5) is 10.1. The van der Waals surface area contributed by atoms with Gasteiger partial charge in [0.25, 0.3) is 0 Å². The van der Waals surface area contributed by atoms with Crippen molar-refractivity contribution in [2.75, 3.05) is 12.0 Å². The first kappa shape index (κ1) is 22.2. The molecule has 1 aliphatic heterocycles. The fourth-order valence-electron chi connectivity index (χ4n) is 3.08. The lowest BCUT2D eigenvalue weighted by molar-refractivity contribution is 0.0375. The number of aliphatic imine (C=N–C) groups is 1. The van der Waals surface area contributed by atoms with Gasteiger partial charge in [0.2, 0.25) is 0 Å². The Morgan fingerprint density at radius 3 is 2.73 bits per heavy atom. The maximum atomic E-state index is 6.27. The average Bonchev–Trinajstić information content (AvgIpc) is 2.68. The first-order valence-electron chi connectivity index (χ1n) is 10.1. The van der Waals surface area contributed by atoms with Crippen LogP contribution in [0.5, 0.6) is 0 Å². The van der Waals surface area contributed by atoms with Gasteiger partial charge in [-0.2, -0.15) is 0 Å². The Kier molecular flexibility index (Phi) is 7.02.